The minimum absolute atomic E-state index is 0.107. The van der Waals surface area contributed by atoms with Gasteiger partial charge in [-0.15, -0.1) is 0 Å². The highest BCUT2D eigenvalue weighted by Crippen LogP contribution is 2.17. The van der Waals surface area contributed by atoms with Gasteiger partial charge in [0.1, 0.15) is 0 Å². The predicted molar refractivity (Wildman–Crippen MR) is 43.4 cm³/mol. The Bertz CT molecular complexity index is 327. The van der Waals surface area contributed by atoms with Gasteiger partial charge in [-0.3, -0.25) is 0 Å². The number of halogens is 3. The van der Waals surface area contributed by atoms with E-state index in [9.17, 15) is 8.78 Å². The van der Waals surface area contributed by atoms with Crippen LogP contribution < -0.4 is 0 Å². The van der Waals surface area contributed by atoms with E-state index in [1.54, 1.807) is 0 Å². The maximum absolute atomic E-state index is 12.8. The van der Waals surface area contributed by atoms with Crippen molar-refractivity contribution >= 4 is 22.1 Å². The molecule has 0 spiro atoms. The summed E-state index contributed by atoms with van der Waals surface area (Å²) in [6.45, 7) is 0. The van der Waals surface area contributed by atoms with E-state index >= 15 is 0 Å². The van der Waals surface area contributed by atoms with Gasteiger partial charge in [0.15, 0.2) is 11.6 Å². The summed E-state index contributed by atoms with van der Waals surface area (Å²) in [4.78, 5) is 0. The molecule has 1 aromatic carbocycles. The van der Waals surface area contributed by atoms with Crippen molar-refractivity contribution in [1.29, 1.82) is 0 Å². The molecule has 0 unspecified atom stereocenters. The molecular formula is C7H4BrF2NO. The largest absolute Gasteiger partial charge is 0.411 e. The van der Waals surface area contributed by atoms with Gasteiger partial charge in [0.05, 0.1) is 6.21 Å². The molecule has 0 heterocycles. The monoisotopic (exact) mass is 235 g/mol. The average Bonchev–Trinajstić information content (AvgIpc) is 2.00. The third-order valence-electron chi connectivity index (χ3n) is 1.22. The summed E-state index contributed by atoms with van der Waals surface area (Å²) in [6, 6.07) is 2.29. The second kappa shape index (κ2) is 3.62. The van der Waals surface area contributed by atoms with Gasteiger partial charge in [0.25, 0.3) is 0 Å². The molecule has 0 saturated heterocycles. The molecule has 0 aliphatic rings. The van der Waals surface area contributed by atoms with Gasteiger partial charge in [-0.25, -0.2) is 8.78 Å². The van der Waals surface area contributed by atoms with Crippen LogP contribution in [0.4, 0.5) is 8.78 Å². The Hall–Kier alpha value is -0.970. The van der Waals surface area contributed by atoms with Gasteiger partial charge in [-0.1, -0.05) is 21.1 Å². The summed E-state index contributed by atoms with van der Waals surface area (Å²) in [5.74, 6) is -2.02. The quantitative estimate of drug-likeness (QED) is 0.345. The summed E-state index contributed by atoms with van der Waals surface area (Å²) in [6.07, 6.45) is 0.823. The van der Waals surface area contributed by atoms with E-state index < -0.39 is 11.6 Å². The lowest BCUT2D eigenvalue weighted by Crippen LogP contribution is -1.92. The number of nitrogens with zero attached hydrogens (tertiary/aromatic N) is 1. The highest BCUT2D eigenvalue weighted by molar-refractivity contribution is 9.10. The Kier molecular flexibility index (Phi) is 2.75. The first-order chi connectivity index (χ1) is 5.65. The molecule has 1 rings (SSSR count). The molecule has 0 bridgehead atoms. The highest BCUT2D eigenvalue weighted by Gasteiger charge is 2.07. The van der Waals surface area contributed by atoms with Crippen LogP contribution in [0.15, 0.2) is 21.8 Å². The third-order valence-corrected chi connectivity index (χ3v) is 1.68. The van der Waals surface area contributed by atoms with E-state index in [0.717, 1.165) is 12.3 Å². The molecule has 0 saturated carbocycles. The molecule has 0 aliphatic carbocycles. The molecule has 0 aliphatic heterocycles. The highest BCUT2D eigenvalue weighted by atomic mass is 79.9. The van der Waals surface area contributed by atoms with Crippen molar-refractivity contribution in [3.8, 4) is 0 Å². The summed E-state index contributed by atoms with van der Waals surface area (Å²) in [7, 11) is 0. The van der Waals surface area contributed by atoms with Crippen LogP contribution in [0.2, 0.25) is 0 Å². The zero-order chi connectivity index (χ0) is 9.14. The molecule has 1 N–H and O–H groups in total. The number of oxime groups is 1. The summed E-state index contributed by atoms with van der Waals surface area (Å²) < 4.78 is 25.8. The van der Waals surface area contributed by atoms with Crippen molar-refractivity contribution in [2.45, 2.75) is 0 Å². The van der Waals surface area contributed by atoms with Crippen molar-refractivity contribution in [1.82, 2.24) is 0 Å². The normalized spacial score (nSPS) is 10.9. The second-order valence-electron chi connectivity index (χ2n) is 2.04. The first-order valence-electron chi connectivity index (χ1n) is 2.97. The molecule has 64 valence electrons. The van der Waals surface area contributed by atoms with Crippen molar-refractivity contribution in [3.63, 3.8) is 0 Å². The fraction of sp³-hybridized carbons (Fsp3) is 0. The summed E-state index contributed by atoms with van der Waals surface area (Å²) in [5, 5.41) is 10.7. The van der Waals surface area contributed by atoms with E-state index in [1.807, 2.05) is 0 Å². The second-order valence-corrected chi connectivity index (χ2v) is 2.95. The maximum Gasteiger partial charge on any atom is 0.167 e. The number of benzene rings is 1. The maximum atomic E-state index is 12.8. The minimum Gasteiger partial charge on any atom is -0.411 e. The van der Waals surface area contributed by atoms with E-state index in [-0.39, 0.29) is 5.56 Å². The van der Waals surface area contributed by atoms with Crippen LogP contribution in [-0.2, 0) is 0 Å². The SMILES string of the molecule is O/N=C/c1cc(Br)cc(F)c1F. The van der Waals surface area contributed by atoms with Gasteiger partial charge in [0, 0.05) is 10.0 Å². The van der Waals surface area contributed by atoms with E-state index in [2.05, 4.69) is 21.1 Å². The predicted octanol–water partition coefficient (Wildman–Crippen LogP) is 2.54. The van der Waals surface area contributed by atoms with E-state index in [1.165, 1.54) is 6.07 Å². The molecule has 2 nitrogen and oxygen atoms in total. The minimum atomic E-state index is -1.03. The molecule has 5 heteroatoms. The van der Waals surface area contributed by atoms with Crippen LogP contribution in [0.25, 0.3) is 0 Å². The third kappa shape index (κ3) is 1.79. The van der Waals surface area contributed by atoms with Gasteiger partial charge < -0.3 is 5.21 Å². The number of rotatable bonds is 1. The lowest BCUT2D eigenvalue weighted by atomic mass is 10.2. The average molecular weight is 236 g/mol. The standard InChI is InChI=1S/C7H4BrF2NO/c8-5-1-4(3-11-12)7(10)6(9)2-5/h1-3,12H/b11-3+. The zero-order valence-electron chi connectivity index (χ0n) is 5.76. The molecular weight excluding hydrogens is 232 g/mol. The lowest BCUT2D eigenvalue weighted by molar-refractivity contribution is 0.321. The molecule has 0 aromatic heterocycles. The van der Waals surface area contributed by atoms with Crippen molar-refractivity contribution in [3.05, 3.63) is 33.8 Å². The first kappa shape index (κ1) is 9.12. The lowest BCUT2D eigenvalue weighted by Gasteiger charge is -1.97. The van der Waals surface area contributed by atoms with Gasteiger partial charge in [0.2, 0.25) is 0 Å². The molecule has 0 radical (unpaired) electrons. The first-order valence-corrected chi connectivity index (χ1v) is 3.76. The van der Waals surface area contributed by atoms with E-state index in [0.29, 0.717) is 4.47 Å². The van der Waals surface area contributed by atoms with Crippen LogP contribution in [0, 0.1) is 11.6 Å². The fourth-order valence-corrected chi connectivity index (χ4v) is 1.18. The van der Waals surface area contributed by atoms with Gasteiger partial charge >= 0.3 is 0 Å². The molecule has 0 amide bonds. The topological polar surface area (TPSA) is 32.6 Å². The Morgan fingerprint density at radius 2 is 2.08 bits per heavy atom. The Morgan fingerprint density at radius 1 is 1.42 bits per heavy atom. The smallest absolute Gasteiger partial charge is 0.167 e. The van der Waals surface area contributed by atoms with Crippen molar-refractivity contribution in [2.24, 2.45) is 5.16 Å². The summed E-state index contributed by atoms with van der Waals surface area (Å²) >= 11 is 2.97. The van der Waals surface area contributed by atoms with Crippen LogP contribution in [0.1, 0.15) is 5.56 Å². The van der Waals surface area contributed by atoms with E-state index in [4.69, 9.17) is 5.21 Å². The number of hydrogen-bond donors (Lipinski definition) is 1. The Balaban J connectivity index is 3.27. The Morgan fingerprint density at radius 3 is 2.67 bits per heavy atom. The van der Waals surface area contributed by atoms with Crippen LogP contribution in [0.3, 0.4) is 0 Å². The molecule has 0 atom stereocenters. The molecule has 12 heavy (non-hydrogen) atoms. The van der Waals surface area contributed by atoms with Crippen molar-refractivity contribution in [2.75, 3.05) is 0 Å². The summed E-state index contributed by atoms with van der Waals surface area (Å²) in [5.41, 5.74) is -0.107. The van der Waals surface area contributed by atoms with Crippen LogP contribution in [0.5, 0.6) is 0 Å². The zero-order valence-corrected chi connectivity index (χ0v) is 7.35. The molecule has 1 aromatic rings. The fourth-order valence-electron chi connectivity index (χ4n) is 0.732. The van der Waals surface area contributed by atoms with Crippen LogP contribution in [-0.4, -0.2) is 11.4 Å². The van der Waals surface area contributed by atoms with Gasteiger partial charge in [-0.2, -0.15) is 0 Å². The number of hydrogen-bond acceptors (Lipinski definition) is 2. The Labute approximate surface area is 75.6 Å². The van der Waals surface area contributed by atoms with Crippen molar-refractivity contribution < 1.29 is 14.0 Å². The van der Waals surface area contributed by atoms with Gasteiger partial charge in [-0.05, 0) is 12.1 Å². The molecule has 0 fully saturated rings. The van der Waals surface area contributed by atoms with Crippen LogP contribution >= 0.6 is 15.9 Å².